The third-order valence-electron chi connectivity index (χ3n) is 2.59. The van der Waals surface area contributed by atoms with Crippen LogP contribution < -0.4 is 5.56 Å². The fourth-order valence-electron chi connectivity index (χ4n) is 1.79. The second-order valence-electron chi connectivity index (χ2n) is 3.86. The molecule has 4 nitrogen and oxygen atoms in total. The Balaban J connectivity index is 2.34. The topological polar surface area (TPSA) is 61.5 Å². The molecule has 3 rings (SSSR count). The van der Waals surface area contributed by atoms with Gasteiger partial charge in [0, 0.05) is 11.5 Å². The third kappa shape index (κ3) is 1.64. The lowest BCUT2D eigenvalue weighted by Gasteiger charge is -1.98. The number of hydrogen-bond donors (Lipinski definition) is 2. The Hall–Kier alpha value is -2.31. The minimum absolute atomic E-state index is 0.164. The molecule has 0 saturated heterocycles. The van der Waals surface area contributed by atoms with Crippen molar-refractivity contribution in [1.29, 1.82) is 0 Å². The van der Waals surface area contributed by atoms with Crippen LogP contribution in [0.1, 0.15) is 5.82 Å². The molecule has 0 unspecified atom stereocenters. The van der Waals surface area contributed by atoms with Gasteiger partial charge < -0.3 is 9.97 Å². The second-order valence-corrected chi connectivity index (χ2v) is 3.86. The Morgan fingerprint density at radius 2 is 1.83 bits per heavy atom. The van der Waals surface area contributed by atoms with E-state index in [0.29, 0.717) is 10.9 Å². The molecule has 2 N–H and O–H groups in total. The van der Waals surface area contributed by atoms with Gasteiger partial charge in [-0.1, -0.05) is 0 Å². The van der Waals surface area contributed by atoms with Crippen LogP contribution in [0.3, 0.4) is 0 Å². The Labute approximate surface area is 97.5 Å². The van der Waals surface area contributed by atoms with Crippen LogP contribution in [-0.4, -0.2) is 15.0 Å². The summed E-state index contributed by atoms with van der Waals surface area (Å²) in [7, 11) is 0. The number of hydrogen-bond acceptors (Lipinski definition) is 2. The summed E-state index contributed by atoms with van der Waals surface area (Å²) in [4.78, 5) is 19.3. The highest BCUT2D eigenvalue weighted by atomic mass is 19.4. The molecule has 18 heavy (non-hydrogen) atoms. The van der Waals surface area contributed by atoms with Crippen molar-refractivity contribution in [3.05, 3.63) is 40.4 Å². The van der Waals surface area contributed by atoms with Gasteiger partial charge in [0.2, 0.25) is 11.4 Å². The molecule has 7 heteroatoms. The van der Waals surface area contributed by atoms with Crippen LogP contribution in [0.2, 0.25) is 0 Å². The molecule has 0 fully saturated rings. The Morgan fingerprint density at radius 1 is 1.06 bits per heavy atom. The largest absolute Gasteiger partial charge is 0.449 e. The number of imidazole rings is 1. The van der Waals surface area contributed by atoms with Crippen LogP contribution in [0, 0.1) is 0 Å². The second kappa shape index (κ2) is 3.34. The molecule has 92 valence electrons. The zero-order chi connectivity index (χ0) is 12.9. The molecule has 1 aromatic carbocycles. The number of pyridine rings is 1. The average molecular weight is 253 g/mol. The van der Waals surface area contributed by atoms with Crippen molar-refractivity contribution in [3.8, 4) is 0 Å². The van der Waals surface area contributed by atoms with Crippen LogP contribution in [0.15, 0.2) is 29.1 Å². The fraction of sp³-hybridized carbons (Fsp3) is 0.0909. The zero-order valence-electron chi connectivity index (χ0n) is 8.80. The summed E-state index contributed by atoms with van der Waals surface area (Å²) in [5, 5.41) is 0.638. The van der Waals surface area contributed by atoms with Gasteiger partial charge in [-0.15, -0.1) is 0 Å². The minimum atomic E-state index is -4.52. The maximum Gasteiger partial charge on any atom is 0.449 e. The molecule has 3 aromatic rings. The van der Waals surface area contributed by atoms with Crippen molar-refractivity contribution in [2.75, 3.05) is 0 Å². The van der Waals surface area contributed by atoms with Crippen molar-refractivity contribution in [2.24, 2.45) is 0 Å². The molecule has 2 aromatic heterocycles. The van der Waals surface area contributed by atoms with E-state index in [1.54, 1.807) is 6.07 Å². The van der Waals surface area contributed by atoms with Crippen molar-refractivity contribution in [2.45, 2.75) is 6.18 Å². The number of benzene rings is 1. The van der Waals surface area contributed by atoms with E-state index in [9.17, 15) is 18.0 Å². The summed E-state index contributed by atoms with van der Waals surface area (Å²) in [6.07, 6.45) is -4.52. The lowest BCUT2D eigenvalue weighted by atomic mass is 10.2. The predicted octanol–water partition coefficient (Wildman–Crippen LogP) is 2.42. The number of aromatic amines is 2. The van der Waals surface area contributed by atoms with Gasteiger partial charge in [-0.05, 0) is 18.2 Å². The van der Waals surface area contributed by atoms with Gasteiger partial charge in [0.1, 0.15) is 0 Å². The average Bonchev–Trinajstić information content (AvgIpc) is 2.68. The number of aromatic nitrogens is 3. The first kappa shape index (κ1) is 10.8. The SMILES string of the molecule is O=c1ccc2cc3[nH]c(C(F)(F)F)nc3cc2[nH]1. The van der Waals surface area contributed by atoms with E-state index in [4.69, 9.17) is 0 Å². The summed E-state index contributed by atoms with van der Waals surface area (Å²) in [5.74, 6) is -1.05. The highest BCUT2D eigenvalue weighted by molar-refractivity contribution is 5.92. The molecule has 0 spiro atoms. The molecule has 0 aliphatic heterocycles. The highest BCUT2D eigenvalue weighted by Crippen LogP contribution is 2.29. The summed E-state index contributed by atoms with van der Waals surface area (Å²) in [6.45, 7) is 0. The molecule has 0 saturated carbocycles. The van der Waals surface area contributed by atoms with E-state index < -0.39 is 12.0 Å². The normalized spacial score (nSPS) is 12.4. The zero-order valence-corrected chi connectivity index (χ0v) is 8.80. The van der Waals surface area contributed by atoms with Gasteiger partial charge in [0.25, 0.3) is 0 Å². The maximum absolute atomic E-state index is 12.5. The number of nitrogens with one attached hydrogen (secondary N) is 2. The highest BCUT2D eigenvalue weighted by Gasteiger charge is 2.34. The lowest BCUT2D eigenvalue weighted by molar-refractivity contribution is -0.144. The monoisotopic (exact) mass is 253 g/mol. The smallest absolute Gasteiger partial charge is 0.334 e. The number of H-pyrrole nitrogens is 2. The van der Waals surface area contributed by atoms with E-state index in [-0.39, 0.29) is 16.6 Å². The molecular formula is C11H6F3N3O. The minimum Gasteiger partial charge on any atom is -0.334 e. The van der Waals surface area contributed by atoms with Gasteiger partial charge in [0.05, 0.1) is 16.6 Å². The van der Waals surface area contributed by atoms with E-state index >= 15 is 0 Å². The number of halogens is 3. The molecule has 0 bridgehead atoms. The fourth-order valence-corrected chi connectivity index (χ4v) is 1.79. The van der Waals surface area contributed by atoms with Gasteiger partial charge in [0.15, 0.2) is 0 Å². The van der Waals surface area contributed by atoms with Gasteiger partial charge in [-0.2, -0.15) is 13.2 Å². The quantitative estimate of drug-likeness (QED) is 0.646. The Bertz CT molecular complexity index is 800. The molecule has 0 aliphatic rings. The summed E-state index contributed by atoms with van der Waals surface area (Å²) < 4.78 is 37.5. The van der Waals surface area contributed by atoms with Gasteiger partial charge in [-0.25, -0.2) is 4.98 Å². The molecular weight excluding hydrogens is 247 g/mol. The number of rotatable bonds is 0. The Kier molecular flexibility index (Phi) is 2.01. The number of nitrogens with zero attached hydrogens (tertiary/aromatic N) is 1. The predicted molar refractivity (Wildman–Crippen MR) is 59.2 cm³/mol. The molecule has 0 atom stereocenters. The number of fused-ring (bicyclic) bond motifs is 2. The standard InChI is InChI=1S/C11H6F3N3O/c12-11(13,14)10-16-7-3-5-1-2-9(18)15-6(5)4-8(7)17-10/h1-4H,(H,15,18)(H,16,17). The van der Waals surface area contributed by atoms with E-state index in [0.717, 1.165) is 0 Å². The molecule has 0 amide bonds. The van der Waals surface area contributed by atoms with Crippen molar-refractivity contribution in [1.82, 2.24) is 15.0 Å². The first-order chi connectivity index (χ1) is 8.43. The first-order valence-electron chi connectivity index (χ1n) is 5.03. The third-order valence-corrected chi connectivity index (χ3v) is 2.59. The van der Waals surface area contributed by atoms with Crippen molar-refractivity contribution < 1.29 is 13.2 Å². The maximum atomic E-state index is 12.5. The van der Waals surface area contributed by atoms with E-state index in [1.165, 1.54) is 18.2 Å². The molecule has 0 aliphatic carbocycles. The van der Waals surface area contributed by atoms with Crippen LogP contribution in [0.4, 0.5) is 13.2 Å². The van der Waals surface area contributed by atoms with E-state index in [1.807, 2.05) is 0 Å². The van der Waals surface area contributed by atoms with Crippen molar-refractivity contribution in [3.63, 3.8) is 0 Å². The van der Waals surface area contributed by atoms with Gasteiger partial charge in [-0.3, -0.25) is 4.79 Å². The first-order valence-corrected chi connectivity index (χ1v) is 5.03. The summed E-state index contributed by atoms with van der Waals surface area (Å²) >= 11 is 0. The van der Waals surface area contributed by atoms with Crippen LogP contribution in [0.5, 0.6) is 0 Å². The molecule has 0 radical (unpaired) electrons. The van der Waals surface area contributed by atoms with Gasteiger partial charge >= 0.3 is 6.18 Å². The lowest BCUT2D eigenvalue weighted by Crippen LogP contribution is -2.06. The van der Waals surface area contributed by atoms with Crippen LogP contribution in [0.25, 0.3) is 21.9 Å². The van der Waals surface area contributed by atoms with Crippen LogP contribution in [-0.2, 0) is 6.18 Å². The molecule has 2 heterocycles. The van der Waals surface area contributed by atoms with Crippen LogP contribution >= 0.6 is 0 Å². The number of alkyl halides is 3. The van der Waals surface area contributed by atoms with Crippen molar-refractivity contribution >= 4 is 21.9 Å². The Morgan fingerprint density at radius 3 is 2.56 bits per heavy atom. The summed E-state index contributed by atoms with van der Waals surface area (Å²) in [6, 6.07) is 5.79. The van der Waals surface area contributed by atoms with E-state index in [2.05, 4.69) is 15.0 Å². The summed E-state index contributed by atoms with van der Waals surface area (Å²) in [5.41, 5.74) is 0.585.